The predicted molar refractivity (Wildman–Crippen MR) is 64.2 cm³/mol. The van der Waals surface area contributed by atoms with E-state index in [-0.39, 0.29) is 11.7 Å². The second-order valence-corrected chi connectivity index (χ2v) is 4.21. The summed E-state index contributed by atoms with van der Waals surface area (Å²) < 4.78 is 0. The molecule has 0 bridgehead atoms. The summed E-state index contributed by atoms with van der Waals surface area (Å²) in [6, 6.07) is 3.01. The van der Waals surface area contributed by atoms with Gasteiger partial charge in [0.25, 0.3) is 0 Å². The van der Waals surface area contributed by atoms with Crippen molar-refractivity contribution in [2.45, 2.75) is 19.4 Å². The number of amides is 2. The SMILES string of the molecule is O=C(O)c1ccc(CNC(=O)N2CCCC2)cn1. The van der Waals surface area contributed by atoms with Gasteiger partial charge in [-0.25, -0.2) is 14.6 Å². The maximum Gasteiger partial charge on any atom is 0.354 e. The van der Waals surface area contributed by atoms with Crippen molar-refractivity contribution in [3.63, 3.8) is 0 Å². The summed E-state index contributed by atoms with van der Waals surface area (Å²) in [5.74, 6) is -1.05. The van der Waals surface area contributed by atoms with E-state index in [4.69, 9.17) is 5.11 Å². The monoisotopic (exact) mass is 249 g/mol. The van der Waals surface area contributed by atoms with Gasteiger partial charge in [0.1, 0.15) is 5.69 Å². The van der Waals surface area contributed by atoms with E-state index in [9.17, 15) is 9.59 Å². The average molecular weight is 249 g/mol. The van der Waals surface area contributed by atoms with Crippen LogP contribution in [0.4, 0.5) is 4.79 Å². The number of hydrogen-bond acceptors (Lipinski definition) is 3. The highest BCUT2D eigenvalue weighted by Crippen LogP contribution is 2.07. The lowest BCUT2D eigenvalue weighted by molar-refractivity contribution is 0.0690. The van der Waals surface area contributed by atoms with E-state index in [1.165, 1.54) is 12.3 Å². The lowest BCUT2D eigenvalue weighted by Crippen LogP contribution is -2.37. The van der Waals surface area contributed by atoms with Crippen LogP contribution in [-0.2, 0) is 6.54 Å². The fraction of sp³-hybridized carbons (Fsp3) is 0.417. The summed E-state index contributed by atoms with van der Waals surface area (Å²) in [6.07, 6.45) is 3.58. The fourth-order valence-electron chi connectivity index (χ4n) is 1.87. The number of nitrogens with zero attached hydrogens (tertiary/aromatic N) is 2. The van der Waals surface area contributed by atoms with Crippen molar-refractivity contribution in [2.24, 2.45) is 0 Å². The van der Waals surface area contributed by atoms with Crippen LogP contribution in [0.5, 0.6) is 0 Å². The highest BCUT2D eigenvalue weighted by atomic mass is 16.4. The number of nitrogens with one attached hydrogen (secondary N) is 1. The molecule has 6 heteroatoms. The summed E-state index contributed by atoms with van der Waals surface area (Å²) in [5, 5.41) is 11.5. The summed E-state index contributed by atoms with van der Waals surface area (Å²) >= 11 is 0. The number of hydrogen-bond donors (Lipinski definition) is 2. The number of rotatable bonds is 3. The molecule has 0 saturated carbocycles. The minimum atomic E-state index is -1.05. The summed E-state index contributed by atoms with van der Waals surface area (Å²) in [6.45, 7) is 1.98. The van der Waals surface area contributed by atoms with Gasteiger partial charge in [0, 0.05) is 25.8 Å². The summed E-state index contributed by atoms with van der Waals surface area (Å²) in [7, 11) is 0. The van der Waals surface area contributed by atoms with Gasteiger partial charge in [-0.3, -0.25) is 0 Å². The molecule has 1 aromatic rings. The van der Waals surface area contributed by atoms with Crippen LogP contribution in [0.3, 0.4) is 0 Å². The Hall–Kier alpha value is -2.11. The molecule has 0 radical (unpaired) electrons. The van der Waals surface area contributed by atoms with Crippen molar-refractivity contribution in [1.82, 2.24) is 15.2 Å². The largest absolute Gasteiger partial charge is 0.477 e. The number of likely N-dealkylation sites (tertiary alicyclic amines) is 1. The van der Waals surface area contributed by atoms with Crippen LogP contribution in [-0.4, -0.2) is 40.1 Å². The third-order valence-electron chi connectivity index (χ3n) is 2.88. The molecule has 0 unspecified atom stereocenters. The lowest BCUT2D eigenvalue weighted by Gasteiger charge is -2.15. The van der Waals surface area contributed by atoms with Gasteiger partial charge in [-0.15, -0.1) is 0 Å². The fourth-order valence-corrected chi connectivity index (χ4v) is 1.87. The molecule has 1 fully saturated rings. The van der Waals surface area contributed by atoms with Crippen LogP contribution in [0.25, 0.3) is 0 Å². The molecule has 2 rings (SSSR count). The molecule has 6 nitrogen and oxygen atoms in total. The van der Waals surface area contributed by atoms with E-state index in [0.29, 0.717) is 6.54 Å². The van der Waals surface area contributed by atoms with Gasteiger partial charge in [-0.05, 0) is 24.5 Å². The molecular weight excluding hydrogens is 234 g/mol. The molecule has 1 aromatic heterocycles. The topological polar surface area (TPSA) is 82.5 Å². The maximum absolute atomic E-state index is 11.7. The number of aromatic carboxylic acids is 1. The van der Waals surface area contributed by atoms with Crippen LogP contribution in [0.1, 0.15) is 28.9 Å². The third-order valence-corrected chi connectivity index (χ3v) is 2.88. The molecular formula is C12H15N3O3. The Balaban J connectivity index is 1.86. The predicted octanol–water partition coefficient (Wildman–Crippen LogP) is 1.09. The van der Waals surface area contributed by atoms with E-state index < -0.39 is 5.97 Å². The van der Waals surface area contributed by atoms with Crippen LogP contribution in [0.2, 0.25) is 0 Å². The highest BCUT2D eigenvalue weighted by molar-refractivity contribution is 5.85. The molecule has 0 spiro atoms. The molecule has 0 aliphatic carbocycles. The summed E-state index contributed by atoms with van der Waals surface area (Å²) in [5.41, 5.74) is 0.789. The molecule has 1 aliphatic heterocycles. The molecule has 2 N–H and O–H groups in total. The van der Waals surface area contributed by atoms with Crippen molar-refractivity contribution in [1.29, 1.82) is 0 Å². The highest BCUT2D eigenvalue weighted by Gasteiger charge is 2.17. The van der Waals surface area contributed by atoms with E-state index >= 15 is 0 Å². The molecule has 2 heterocycles. The van der Waals surface area contributed by atoms with Gasteiger partial charge in [-0.2, -0.15) is 0 Å². The normalized spacial score (nSPS) is 14.6. The van der Waals surface area contributed by atoms with Crippen molar-refractivity contribution < 1.29 is 14.7 Å². The van der Waals surface area contributed by atoms with E-state index in [1.807, 2.05) is 0 Å². The van der Waals surface area contributed by atoms with Gasteiger partial charge in [0.05, 0.1) is 0 Å². The molecule has 0 atom stereocenters. The first kappa shape index (κ1) is 12.3. The van der Waals surface area contributed by atoms with Gasteiger partial charge in [-0.1, -0.05) is 6.07 Å². The number of pyridine rings is 1. The Morgan fingerprint density at radius 3 is 2.61 bits per heavy atom. The third kappa shape index (κ3) is 2.97. The maximum atomic E-state index is 11.7. The first-order valence-electron chi connectivity index (χ1n) is 5.88. The first-order chi connectivity index (χ1) is 8.66. The van der Waals surface area contributed by atoms with Crippen LogP contribution >= 0.6 is 0 Å². The van der Waals surface area contributed by atoms with E-state index in [0.717, 1.165) is 31.5 Å². The summed E-state index contributed by atoms with van der Waals surface area (Å²) in [4.78, 5) is 27.9. The first-order valence-corrected chi connectivity index (χ1v) is 5.88. The Bertz CT molecular complexity index is 438. The smallest absolute Gasteiger partial charge is 0.354 e. The molecule has 18 heavy (non-hydrogen) atoms. The van der Waals surface area contributed by atoms with Crippen LogP contribution in [0, 0.1) is 0 Å². The molecule has 1 aliphatic rings. The molecule has 2 amide bonds. The molecule has 1 saturated heterocycles. The minimum Gasteiger partial charge on any atom is -0.477 e. The van der Waals surface area contributed by atoms with Gasteiger partial charge in [0.15, 0.2) is 0 Å². The Morgan fingerprint density at radius 1 is 1.33 bits per heavy atom. The molecule has 0 aromatic carbocycles. The van der Waals surface area contributed by atoms with Gasteiger partial charge >= 0.3 is 12.0 Å². The van der Waals surface area contributed by atoms with Gasteiger partial charge < -0.3 is 15.3 Å². The van der Waals surface area contributed by atoms with Crippen LogP contribution in [0.15, 0.2) is 18.3 Å². The van der Waals surface area contributed by atoms with Crippen molar-refractivity contribution in [3.05, 3.63) is 29.6 Å². The van der Waals surface area contributed by atoms with E-state index in [2.05, 4.69) is 10.3 Å². The number of carboxylic acid groups (broad SMARTS) is 1. The van der Waals surface area contributed by atoms with Crippen molar-refractivity contribution >= 4 is 12.0 Å². The average Bonchev–Trinajstić information content (AvgIpc) is 2.90. The number of carbonyl (C=O) groups excluding carboxylic acids is 1. The van der Waals surface area contributed by atoms with Crippen LogP contribution < -0.4 is 5.32 Å². The quantitative estimate of drug-likeness (QED) is 0.839. The number of carboxylic acids is 1. The number of carbonyl (C=O) groups is 2. The zero-order valence-electron chi connectivity index (χ0n) is 9.93. The Kier molecular flexibility index (Phi) is 3.76. The second kappa shape index (κ2) is 5.48. The standard InChI is InChI=1S/C12H15N3O3/c16-11(17)10-4-3-9(7-13-10)8-14-12(18)15-5-1-2-6-15/h3-4,7H,1-2,5-6,8H2,(H,14,18)(H,16,17). The zero-order valence-corrected chi connectivity index (χ0v) is 9.93. The Morgan fingerprint density at radius 2 is 2.06 bits per heavy atom. The minimum absolute atomic E-state index is 0.00428. The Labute approximate surface area is 105 Å². The zero-order chi connectivity index (χ0) is 13.0. The molecule has 96 valence electrons. The number of urea groups is 1. The van der Waals surface area contributed by atoms with Gasteiger partial charge in [0.2, 0.25) is 0 Å². The van der Waals surface area contributed by atoms with E-state index in [1.54, 1.807) is 11.0 Å². The van der Waals surface area contributed by atoms with Crippen molar-refractivity contribution in [3.8, 4) is 0 Å². The lowest BCUT2D eigenvalue weighted by atomic mass is 10.2. The number of aromatic nitrogens is 1. The second-order valence-electron chi connectivity index (χ2n) is 4.21. The van der Waals surface area contributed by atoms with Crippen molar-refractivity contribution in [2.75, 3.05) is 13.1 Å².